The Morgan fingerprint density at radius 2 is 1.65 bits per heavy atom. The number of aromatic nitrogens is 1. The van der Waals surface area contributed by atoms with Gasteiger partial charge in [0.2, 0.25) is 0 Å². The minimum Gasteiger partial charge on any atom is -0.497 e. The molecule has 3 heterocycles. The van der Waals surface area contributed by atoms with Crippen LogP contribution in [0.5, 0.6) is 17.2 Å². The second-order valence-electron chi connectivity index (χ2n) is 9.73. The highest BCUT2D eigenvalue weighted by atomic mass is 16.5. The van der Waals surface area contributed by atoms with Crippen LogP contribution >= 0.6 is 0 Å². The number of hydrogen-bond donors (Lipinski definition) is 2. The lowest BCUT2D eigenvalue weighted by atomic mass is 9.68. The molecule has 0 aliphatic carbocycles. The van der Waals surface area contributed by atoms with Crippen molar-refractivity contribution in [1.29, 1.82) is 0 Å². The number of aliphatic hydroxyl groups is 1. The molecule has 1 fully saturated rings. The fourth-order valence-corrected chi connectivity index (χ4v) is 5.93. The van der Waals surface area contributed by atoms with E-state index in [2.05, 4.69) is 46.1 Å². The van der Waals surface area contributed by atoms with Crippen molar-refractivity contribution in [1.82, 2.24) is 14.8 Å². The van der Waals surface area contributed by atoms with Gasteiger partial charge in [0.25, 0.3) is 0 Å². The summed E-state index contributed by atoms with van der Waals surface area (Å²) in [5.74, 6) is 2.39. The van der Waals surface area contributed by atoms with E-state index in [4.69, 9.17) is 14.2 Å². The number of hydrogen-bond acceptors (Lipinski definition) is 6. The Kier molecular flexibility index (Phi) is 6.18. The summed E-state index contributed by atoms with van der Waals surface area (Å²) in [4.78, 5) is 8.53. The molecular weight excluding hydrogens is 430 g/mol. The second kappa shape index (κ2) is 9.13. The average molecular weight is 466 g/mol. The average Bonchev–Trinajstić information content (AvgIpc) is 3.25. The first kappa shape index (κ1) is 23.0. The third kappa shape index (κ3) is 3.91. The number of benzene rings is 2. The van der Waals surface area contributed by atoms with Crippen molar-refractivity contribution in [2.75, 3.05) is 54.6 Å². The Bertz CT molecular complexity index is 1140. The second-order valence-corrected chi connectivity index (χ2v) is 9.73. The van der Waals surface area contributed by atoms with Crippen LogP contribution in [0, 0.1) is 0 Å². The fraction of sp³-hybridized carbons (Fsp3) is 0.481. The molecule has 7 nitrogen and oxygen atoms in total. The number of methoxy groups -OCH3 is 3. The highest BCUT2D eigenvalue weighted by molar-refractivity contribution is 5.87. The zero-order valence-corrected chi connectivity index (χ0v) is 20.6. The van der Waals surface area contributed by atoms with E-state index >= 15 is 0 Å². The third-order valence-electron chi connectivity index (χ3n) is 7.76. The fourth-order valence-electron chi connectivity index (χ4n) is 5.93. The summed E-state index contributed by atoms with van der Waals surface area (Å²) in [6, 6.07) is 12.2. The Morgan fingerprint density at radius 3 is 2.26 bits per heavy atom. The van der Waals surface area contributed by atoms with E-state index < -0.39 is 0 Å². The van der Waals surface area contributed by atoms with E-state index in [1.54, 1.807) is 21.3 Å². The molecule has 1 spiro atoms. The van der Waals surface area contributed by atoms with Gasteiger partial charge in [-0.05, 0) is 68.4 Å². The highest BCUT2D eigenvalue weighted by Crippen LogP contribution is 2.49. The van der Waals surface area contributed by atoms with Crippen LogP contribution in [0.15, 0.2) is 36.4 Å². The summed E-state index contributed by atoms with van der Waals surface area (Å²) in [6.07, 6.45) is 2.18. The maximum absolute atomic E-state index is 10.6. The number of nitrogens with zero attached hydrogens (tertiary/aromatic N) is 2. The lowest BCUT2D eigenvalue weighted by Crippen LogP contribution is -2.53. The van der Waals surface area contributed by atoms with Gasteiger partial charge in [0, 0.05) is 47.2 Å². The largest absolute Gasteiger partial charge is 0.497 e. The molecule has 0 amide bonds. The topological polar surface area (TPSA) is 70.2 Å². The molecule has 0 saturated carbocycles. The lowest BCUT2D eigenvalue weighted by molar-refractivity contribution is 0.0474. The Balaban J connectivity index is 1.61. The maximum Gasteiger partial charge on any atom is 0.122 e. The van der Waals surface area contributed by atoms with Crippen LogP contribution in [0.3, 0.4) is 0 Å². The quantitative estimate of drug-likeness (QED) is 0.579. The number of rotatable bonds is 6. The number of aliphatic hydroxyl groups excluding tert-OH is 1. The molecule has 1 saturated heterocycles. The van der Waals surface area contributed by atoms with E-state index in [0.717, 1.165) is 66.5 Å². The van der Waals surface area contributed by atoms with Crippen LogP contribution in [0.1, 0.15) is 35.7 Å². The summed E-state index contributed by atoms with van der Waals surface area (Å²) in [5.41, 5.74) is 4.74. The number of likely N-dealkylation sites (tertiary alicyclic amines) is 1. The summed E-state index contributed by atoms with van der Waals surface area (Å²) < 4.78 is 16.5. The van der Waals surface area contributed by atoms with Gasteiger partial charge in [0.15, 0.2) is 0 Å². The minimum absolute atomic E-state index is 0.0311. The van der Waals surface area contributed by atoms with E-state index in [-0.39, 0.29) is 18.1 Å². The minimum atomic E-state index is -0.115. The van der Waals surface area contributed by atoms with Crippen molar-refractivity contribution in [3.05, 3.63) is 53.2 Å². The molecule has 182 valence electrons. The zero-order chi connectivity index (χ0) is 23.9. The summed E-state index contributed by atoms with van der Waals surface area (Å²) in [5, 5.41) is 11.8. The van der Waals surface area contributed by atoms with Crippen LogP contribution < -0.4 is 14.2 Å². The van der Waals surface area contributed by atoms with Crippen LogP contribution in [-0.4, -0.2) is 74.5 Å². The molecule has 1 aromatic heterocycles. The van der Waals surface area contributed by atoms with Crippen molar-refractivity contribution < 1.29 is 19.3 Å². The molecule has 0 bridgehead atoms. The van der Waals surface area contributed by atoms with E-state index in [9.17, 15) is 5.11 Å². The molecule has 34 heavy (non-hydrogen) atoms. The van der Waals surface area contributed by atoms with Gasteiger partial charge < -0.3 is 29.2 Å². The number of piperidine rings is 1. The summed E-state index contributed by atoms with van der Waals surface area (Å²) >= 11 is 0. The number of fused-ring (bicyclic) bond motifs is 4. The SMILES string of the molecule is COc1cc(CN2CC3(CCN(C)CC3)c3c([nH]c4cc(OC)ccc34)[C@@H]2CO)cc(OC)c1. The number of nitrogens with one attached hydrogen (secondary N) is 1. The molecule has 2 aromatic carbocycles. The van der Waals surface area contributed by atoms with Crippen LogP contribution in [-0.2, 0) is 12.0 Å². The number of aromatic amines is 1. The zero-order valence-electron chi connectivity index (χ0n) is 20.6. The lowest BCUT2D eigenvalue weighted by Gasteiger charge is -2.50. The van der Waals surface area contributed by atoms with Gasteiger partial charge in [-0.25, -0.2) is 0 Å². The maximum atomic E-state index is 10.6. The van der Waals surface area contributed by atoms with E-state index in [1.807, 2.05) is 12.1 Å². The molecule has 3 aromatic rings. The monoisotopic (exact) mass is 465 g/mol. The van der Waals surface area contributed by atoms with Crippen LogP contribution in [0.2, 0.25) is 0 Å². The molecule has 0 radical (unpaired) electrons. The van der Waals surface area contributed by atoms with Gasteiger partial charge in [-0.3, -0.25) is 4.90 Å². The first-order chi connectivity index (χ1) is 16.5. The Labute approximate surface area is 201 Å². The van der Waals surface area contributed by atoms with Crippen molar-refractivity contribution in [3.63, 3.8) is 0 Å². The smallest absolute Gasteiger partial charge is 0.122 e. The van der Waals surface area contributed by atoms with E-state index in [0.29, 0.717) is 6.54 Å². The van der Waals surface area contributed by atoms with Crippen LogP contribution in [0.4, 0.5) is 0 Å². The number of ether oxygens (including phenoxy) is 3. The third-order valence-corrected chi connectivity index (χ3v) is 7.76. The molecule has 7 heteroatoms. The van der Waals surface area contributed by atoms with Crippen molar-refractivity contribution in [2.45, 2.75) is 30.8 Å². The molecule has 2 N–H and O–H groups in total. The van der Waals surface area contributed by atoms with Gasteiger partial charge in [-0.15, -0.1) is 0 Å². The molecule has 2 aliphatic rings. The summed E-state index contributed by atoms with van der Waals surface area (Å²) in [6.45, 7) is 3.78. The van der Waals surface area contributed by atoms with Crippen LogP contribution in [0.25, 0.3) is 10.9 Å². The Hall–Kier alpha value is -2.74. The Morgan fingerprint density at radius 1 is 0.971 bits per heavy atom. The highest BCUT2D eigenvalue weighted by Gasteiger charge is 2.47. The van der Waals surface area contributed by atoms with Gasteiger partial charge in [0.1, 0.15) is 17.2 Å². The van der Waals surface area contributed by atoms with Gasteiger partial charge >= 0.3 is 0 Å². The van der Waals surface area contributed by atoms with Gasteiger partial charge in [-0.1, -0.05) is 0 Å². The molecule has 2 aliphatic heterocycles. The van der Waals surface area contributed by atoms with Crippen molar-refractivity contribution in [3.8, 4) is 17.2 Å². The molecule has 1 atom stereocenters. The first-order valence-corrected chi connectivity index (χ1v) is 12.0. The van der Waals surface area contributed by atoms with Crippen molar-refractivity contribution in [2.24, 2.45) is 0 Å². The van der Waals surface area contributed by atoms with Gasteiger partial charge in [-0.2, -0.15) is 0 Å². The molecule has 5 rings (SSSR count). The van der Waals surface area contributed by atoms with E-state index in [1.165, 1.54) is 10.9 Å². The molecular formula is C27H35N3O4. The van der Waals surface area contributed by atoms with Gasteiger partial charge in [0.05, 0.1) is 34.0 Å². The molecule has 0 unspecified atom stereocenters. The predicted molar refractivity (Wildman–Crippen MR) is 133 cm³/mol. The standard InChI is InChI=1S/C27H35N3O4/c1-29-9-7-27(8-10-29)17-30(15-18-11-20(33-3)13-21(12-18)34-4)24(16-31)26-25(27)22-6-5-19(32-2)14-23(22)28-26/h5-6,11-14,24,28,31H,7-10,15-17H2,1-4H3/t24-/m0/s1. The summed E-state index contributed by atoms with van der Waals surface area (Å²) in [7, 11) is 7.25. The van der Waals surface area contributed by atoms with Crippen molar-refractivity contribution >= 4 is 10.9 Å². The first-order valence-electron chi connectivity index (χ1n) is 12.0. The normalized spacial score (nSPS) is 20.4. The predicted octanol–water partition coefficient (Wildman–Crippen LogP) is 3.71. The number of H-pyrrole nitrogens is 1.